The average molecular weight is 374 g/mol. The molecule has 0 aromatic heterocycles. The van der Waals surface area contributed by atoms with Gasteiger partial charge in [0.1, 0.15) is 9.84 Å². The largest absolute Gasteiger partial charge is 0.314 e. The summed E-state index contributed by atoms with van der Waals surface area (Å²) in [5.41, 5.74) is 1.31. The Bertz CT molecular complexity index is 555. The average Bonchev–Trinajstić information content (AvgIpc) is 3.21. The second kappa shape index (κ2) is 7.75. The van der Waals surface area contributed by atoms with Gasteiger partial charge in [0, 0.05) is 22.5 Å². The molecule has 0 heterocycles. The minimum absolute atomic E-state index is 0.295. The maximum Gasteiger partial charge on any atom is 0.147 e. The molecule has 0 saturated heterocycles. The summed E-state index contributed by atoms with van der Waals surface area (Å²) >= 11 is 3.60. The van der Waals surface area contributed by atoms with Crippen molar-refractivity contribution in [2.24, 2.45) is 5.92 Å². The van der Waals surface area contributed by atoms with Gasteiger partial charge >= 0.3 is 0 Å². The van der Waals surface area contributed by atoms with Crippen LogP contribution in [0.4, 0.5) is 0 Å². The Hall–Kier alpha value is -0.390. The molecule has 5 heteroatoms. The highest BCUT2D eigenvalue weighted by Gasteiger charge is 2.22. The highest BCUT2D eigenvalue weighted by Crippen LogP contribution is 2.24. The summed E-state index contributed by atoms with van der Waals surface area (Å²) in [5, 5.41) is 3.58. The summed E-state index contributed by atoms with van der Waals surface area (Å²) < 4.78 is 23.7. The van der Waals surface area contributed by atoms with Crippen LogP contribution in [0, 0.1) is 5.92 Å². The normalized spacial score (nSPS) is 16.9. The van der Waals surface area contributed by atoms with Crippen molar-refractivity contribution < 1.29 is 8.42 Å². The van der Waals surface area contributed by atoms with E-state index in [2.05, 4.69) is 39.4 Å². The number of sulfone groups is 1. The quantitative estimate of drug-likeness (QED) is 0.722. The van der Waals surface area contributed by atoms with Gasteiger partial charge in [-0.3, -0.25) is 0 Å². The fraction of sp³-hybridized carbons (Fsp3) is 0.625. The van der Waals surface area contributed by atoms with Gasteiger partial charge in [-0.25, -0.2) is 8.42 Å². The number of rotatable bonds is 9. The molecule has 1 aromatic rings. The van der Waals surface area contributed by atoms with Crippen molar-refractivity contribution in [3.8, 4) is 0 Å². The molecule has 21 heavy (non-hydrogen) atoms. The molecule has 1 saturated carbocycles. The number of hydrogen-bond acceptors (Lipinski definition) is 3. The van der Waals surface area contributed by atoms with Crippen LogP contribution < -0.4 is 5.32 Å². The Morgan fingerprint density at radius 1 is 1.33 bits per heavy atom. The van der Waals surface area contributed by atoms with Crippen LogP contribution in [0.3, 0.4) is 0 Å². The predicted octanol–water partition coefficient (Wildman–Crippen LogP) is 3.18. The maximum absolute atomic E-state index is 11.3. The molecule has 1 aliphatic rings. The van der Waals surface area contributed by atoms with Crippen molar-refractivity contribution in [3.05, 3.63) is 34.3 Å². The lowest BCUT2D eigenvalue weighted by Gasteiger charge is -2.18. The third kappa shape index (κ3) is 6.94. The predicted molar refractivity (Wildman–Crippen MR) is 91.3 cm³/mol. The van der Waals surface area contributed by atoms with Crippen LogP contribution in [0.1, 0.15) is 31.2 Å². The molecular formula is C16H24BrNO2S. The van der Waals surface area contributed by atoms with Crippen molar-refractivity contribution in [1.82, 2.24) is 5.32 Å². The lowest BCUT2D eigenvalue weighted by molar-refractivity contribution is 0.436. The van der Waals surface area contributed by atoms with E-state index in [1.165, 1.54) is 24.7 Å². The molecule has 1 fully saturated rings. The van der Waals surface area contributed by atoms with E-state index in [4.69, 9.17) is 0 Å². The zero-order valence-electron chi connectivity index (χ0n) is 12.5. The van der Waals surface area contributed by atoms with E-state index in [1.807, 2.05) is 6.07 Å². The van der Waals surface area contributed by atoms with Crippen LogP contribution in [0.25, 0.3) is 0 Å². The summed E-state index contributed by atoms with van der Waals surface area (Å²) in [4.78, 5) is 0. The number of halogens is 1. The van der Waals surface area contributed by atoms with Gasteiger partial charge in [-0.05, 0) is 56.2 Å². The molecule has 1 atom stereocenters. The fourth-order valence-electron chi connectivity index (χ4n) is 2.51. The van der Waals surface area contributed by atoms with Crippen molar-refractivity contribution in [2.75, 3.05) is 18.6 Å². The van der Waals surface area contributed by atoms with Crippen LogP contribution in [0.2, 0.25) is 0 Å². The molecule has 0 radical (unpaired) electrons. The van der Waals surface area contributed by atoms with Crippen LogP contribution in [0.5, 0.6) is 0 Å². The van der Waals surface area contributed by atoms with Gasteiger partial charge in [-0.2, -0.15) is 0 Å². The third-order valence-corrected chi connectivity index (χ3v) is 5.67. The molecule has 0 amide bonds. The van der Waals surface area contributed by atoms with Crippen LogP contribution in [-0.4, -0.2) is 33.0 Å². The molecule has 2 rings (SSSR count). The topological polar surface area (TPSA) is 46.2 Å². The molecule has 1 N–H and O–H groups in total. The van der Waals surface area contributed by atoms with E-state index < -0.39 is 9.84 Å². The van der Waals surface area contributed by atoms with Gasteiger partial charge in [0.25, 0.3) is 0 Å². The molecule has 1 aromatic carbocycles. The molecule has 0 bridgehead atoms. The zero-order chi connectivity index (χ0) is 15.3. The first-order chi connectivity index (χ1) is 9.94. The van der Waals surface area contributed by atoms with Crippen LogP contribution >= 0.6 is 15.9 Å². The molecule has 1 aliphatic carbocycles. The summed E-state index contributed by atoms with van der Waals surface area (Å²) in [6.45, 7) is 0.982. The first kappa shape index (κ1) is 17.0. The second-order valence-corrected chi connectivity index (χ2v) is 9.23. The van der Waals surface area contributed by atoms with Gasteiger partial charge in [0.2, 0.25) is 0 Å². The minimum atomic E-state index is -2.85. The Labute approximate surface area is 136 Å². The van der Waals surface area contributed by atoms with Gasteiger partial charge < -0.3 is 5.32 Å². The van der Waals surface area contributed by atoms with Crippen molar-refractivity contribution in [1.29, 1.82) is 0 Å². The molecule has 1 unspecified atom stereocenters. The molecule has 3 nitrogen and oxygen atoms in total. The smallest absolute Gasteiger partial charge is 0.147 e. The minimum Gasteiger partial charge on any atom is -0.314 e. The van der Waals surface area contributed by atoms with E-state index in [1.54, 1.807) is 0 Å². The van der Waals surface area contributed by atoms with Crippen LogP contribution in [-0.2, 0) is 16.3 Å². The Balaban J connectivity index is 1.89. The van der Waals surface area contributed by atoms with Crippen molar-refractivity contribution in [2.45, 2.75) is 38.1 Å². The third-order valence-electron chi connectivity index (χ3n) is 3.87. The first-order valence-electron chi connectivity index (χ1n) is 7.58. The van der Waals surface area contributed by atoms with Gasteiger partial charge in [0.05, 0.1) is 0 Å². The number of hydrogen-bond donors (Lipinski definition) is 1. The van der Waals surface area contributed by atoms with Crippen molar-refractivity contribution >= 4 is 25.8 Å². The van der Waals surface area contributed by atoms with Gasteiger partial charge in [-0.1, -0.05) is 34.1 Å². The van der Waals surface area contributed by atoms with Crippen molar-refractivity contribution in [3.63, 3.8) is 0 Å². The van der Waals surface area contributed by atoms with E-state index in [-0.39, 0.29) is 0 Å². The Kier molecular flexibility index (Phi) is 6.26. The molecule has 0 spiro atoms. The lowest BCUT2D eigenvalue weighted by atomic mass is 9.95. The Morgan fingerprint density at radius 3 is 2.67 bits per heavy atom. The summed E-state index contributed by atoms with van der Waals surface area (Å²) in [6.07, 6.45) is 6.58. The highest BCUT2D eigenvalue weighted by molar-refractivity contribution is 9.10. The monoisotopic (exact) mass is 373 g/mol. The molecular weight excluding hydrogens is 350 g/mol. The fourth-order valence-corrected chi connectivity index (χ4v) is 3.64. The SMILES string of the molecule is CS(=O)(=O)CCCC(CNC1CC1)Cc1ccccc1Br. The Morgan fingerprint density at radius 2 is 2.05 bits per heavy atom. The number of benzene rings is 1. The van der Waals surface area contributed by atoms with Gasteiger partial charge in [-0.15, -0.1) is 0 Å². The highest BCUT2D eigenvalue weighted by atomic mass is 79.9. The molecule has 0 aliphatic heterocycles. The van der Waals surface area contributed by atoms with E-state index >= 15 is 0 Å². The van der Waals surface area contributed by atoms with E-state index in [0.717, 1.165) is 30.3 Å². The summed E-state index contributed by atoms with van der Waals surface area (Å²) in [6, 6.07) is 8.99. The number of nitrogens with one attached hydrogen (secondary N) is 1. The zero-order valence-corrected chi connectivity index (χ0v) is 14.9. The maximum atomic E-state index is 11.3. The molecule has 118 valence electrons. The lowest BCUT2D eigenvalue weighted by Crippen LogP contribution is -2.26. The second-order valence-electron chi connectivity index (χ2n) is 6.12. The van der Waals surface area contributed by atoms with E-state index in [9.17, 15) is 8.42 Å². The van der Waals surface area contributed by atoms with Crippen LogP contribution in [0.15, 0.2) is 28.7 Å². The summed E-state index contributed by atoms with van der Waals surface area (Å²) in [5.74, 6) is 0.786. The summed E-state index contributed by atoms with van der Waals surface area (Å²) in [7, 11) is -2.85. The van der Waals surface area contributed by atoms with E-state index in [0.29, 0.717) is 17.7 Å². The first-order valence-corrected chi connectivity index (χ1v) is 10.4. The van der Waals surface area contributed by atoms with Gasteiger partial charge in [0.15, 0.2) is 0 Å². The standard InChI is InChI=1S/C16H24BrNO2S/c1-21(19,20)10-4-5-13(12-18-15-8-9-15)11-14-6-2-3-7-16(14)17/h2-3,6-7,13,15,18H,4-5,8-12H2,1H3.